The molecule has 0 radical (unpaired) electrons. The van der Waals surface area contributed by atoms with Crippen LogP contribution in [-0.4, -0.2) is 55.1 Å². The summed E-state index contributed by atoms with van der Waals surface area (Å²) in [6.45, 7) is 4.03. The summed E-state index contributed by atoms with van der Waals surface area (Å²) in [5, 5.41) is 22.8. The average Bonchev–Trinajstić information content (AvgIpc) is 4.06. The number of benzene rings is 8. The van der Waals surface area contributed by atoms with E-state index in [2.05, 4.69) is 79.6 Å². The zero-order chi connectivity index (χ0) is 55.1. The second-order valence-electron chi connectivity index (χ2n) is 18.1. The van der Waals surface area contributed by atoms with Gasteiger partial charge in [-0.25, -0.2) is 30.0 Å². The molecule has 2 heterocycles. The second-order valence-corrected chi connectivity index (χ2v) is 25.3. The highest BCUT2D eigenvalue weighted by Gasteiger charge is 2.14. The fourth-order valence-corrected chi connectivity index (χ4v) is 11.2. The minimum absolute atomic E-state index is 0.166. The van der Waals surface area contributed by atoms with Gasteiger partial charge in [0.05, 0.1) is 30.0 Å². The van der Waals surface area contributed by atoms with Crippen LogP contribution in [0.1, 0.15) is 21.5 Å². The first-order valence-corrected chi connectivity index (χ1v) is 31.0. The lowest BCUT2D eigenvalue weighted by Crippen LogP contribution is -2.09. The summed E-state index contributed by atoms with van der Waals surface area (Å²) >= 11 is 3.39. The van der Waals surface area contributed by atoms with Gasteiger partial charge in [0.2, 0.25) is 30.1 Å². The quantitative estimate of drug-likeness (QED) is 0.0507. The highest BCUT2D eigenvalue weighted by Crippen LogP contribution is 2.34. The van der Waals surface area contributed by atoms with E-state index >= 15 is 0 Å². The molecule has 0 aliphatic heterocycles. The van der Waals surface area contributed by atoms with Gasteiger partial charge < -0.3 is 21.5 Å². The first-order valence-electron chi connectivity index (χ1n) is 23.6. The Hall–Kier alpha value is -8.20. The van der Waals surface area contributed by atoms with Crippen molar-refractivity contribution >= 4 is 124 Å². The number of carboxylic acid groups (broad SMARTS) is 1. The van der Waals surface area contributed by atoms with E-state index in [1.54, 1.807) is 89.4 Å². The highest BCUT2D eigenvalue weighted by atomic mass is 32.2. The molecule has 14 nitrogen and oxygen atoms in total. The van der Waals surface area contributed by atoms with E-state index in [9.17, 15) is 35.2 Å². The maximum Gasteiger partial charge on any atom is 0.337 e. The molecular weight excluding hydrogens is 1070 g/mol. The van der Waals surface area contributed by atoms with Crippen LogP contribution in [0.15, 0.2) is 187 Å². The predicted molar refractivity (Wildman–Crippen MR) is 322 cm³/mol. The van der Waals surface area contributed by atoms with Crippen LogP contribution in [-0.2, 0) is 30.1 Å². The molecule has 19 heteroatoms. The third kappa shape index (κ3) is 15.5. The van der Waals surface area contributed by atoms with Crippen molar-refractivity contribution in [2.24, 2.45) is 0 Å². The predicted octanol–water partition coefficient (Wildman–Crippen LogP) is 14.0. The Balaban J connectivity index is 0.000000157. The van der Waals surface area contributed by atoms with E-state index in [1.807, 2.05) is 79.0 Å². The van der Waals surface area contributed by atoms with Crippen LogP contribution in [0, 0.1) is 13.8 Å². The summed E-state index contributed by atoms with van der Waals surface area (Å²) in [4.78, 5) is 11.7. The average molecular weight is 1120 g/mol. The van der Waals surface area contributed by atoms with Crippen LogP contribution in [0.3, 0.4) is 0 Å². The molecule has 0 aliphatic rings. The van der Waals surface area contributed by atoms with Crippen LogP contribution < -0.4 is 30.5 Å². The standard InChI is InChI=1S/C22H18N2O4S2.C22H20N2O2S2.C14H16N2O2S/c1-30(27,28)24-17-5-2-14(3-6-17)15-4-8-19(22(25)26)20(13-15)23-18-7-9-21-16(12-18)10-11-29-21;1-15-3-4-17(16-5-7-19(8-6-16)24-28(2,25)26)14-21(15)23-20-9-10-22-18(13-20)11-12-27-22;1-10-3-4-12(9-14(10)15)11-5-7-13(8-6-11)16-19(2,17)18/h2-13,23-24H,1H3,(H,25,26);3-14,23-24H,1-2H3;3-9,16H,15H2,1-2H3. The van der Waals surface area contributed by atoms with Crippen LogP contribution >= 0.6 is 22.7 Å². The lowest BCUT2D eigenvalue weighted by Gasteiger charge is -2.13. The minimum atomic E-state index is -3.35. The molecule has 0 amide bonds. The number of hydrogen-bond donors (Lipinski definition) is 7. The molecule has 77 heavy (non-hydrogen) atoms. The summed E-state index contributed by atoms with van der Waals surface area (Å²) in [6, 6.07) is 55.1. The van der Waals surface area contributed by atoms with Crippen molar-refractivity contribution in [3.05, 3.63) is 203 Å². The van der Waals surface area contributed by atoms with Crippen molar-refractivity contribution in [3.8, 4) is 33.4 Å². The molecule has 8 N–H and O–H groups in total. The Morgan fingerprint density at radius 1 is 0.416 bits per heavy atom. The van der Waals surface area contributed by atoms with Gasteiger partial charge in [0.25, 0.3) is 0 Å². The van der Waals surface area contributed by atoms with E-state index in [-0.39, 0.29) is 5.56 Å². The van der Waals surface area contributed by atoms with E-state index in [4.69, 9.17) is 5.73 Å². The molecule has 0 bridgehead atoms. The SMILES string of the molecule is CS(=O)(=O)Nc1ccc(-c2ccc(C(=O)O)c(Nc3ccc4sccc4c3)c2)cc1.Cc1ccc(-c2ccc(NS(C)(=O)=O)cc2)cc1N.Cc1ccc(-c2ccc(NS(C)(=O)=O)cc2)cc1Nc1ccc2sccc2c1. The summed E-state index contributed by atoms with van der Waals surface area (Å²) in [5.41, 5.74) is 19.7. The molecule has 0 aliphatic carbocycles. The Labute approximate surface area is 456 Å². The van der Waals surface area contributed by atoms with Gasteiger partial charge >= 0.3 is 5.97 Å². The fourth-order valence-electron chi connectivity index (χ4n) is 8.00. The first-order chi connectivity index (χ1) is 36.5. The smallest absolute Gasteiger partial charge is 0.337 e. The second kappa shape index (κ2) is 23.4. The molecule has 8 aromatic carbocycles. The van der Waals surface area contributed by atoms with Crippen LogP contribution in [0.2, 0.25) is 0 Å². The van der Waals surface area contributed by atoms with Crippen molar-refractivity contribution in [3.63, 3.8) is 0 Å². The van der Waals surface area contributed by atoms with Gasteiger partial charge in [0.15, 0.2) is 0 Å². The van der Waals surface area contributed by atoms with E-state index in [0.717, 1.165) is 96.1 Å². The number of rotatable bonds is 14. The molecule has 394 valence electrons. The topological polar surface area (TPSA) is 226 Å². The van der Waals surface area contributed by atoms with Gasteiger partial charge in [0, 0.05) is 49.2 Å². The van der Waals surface area contributed by atoms with Gasteiger partial charge in [-0.1, -0.05) is 66.7 Å². The highest BCUT2D eigenvalue weighted by molar-refractivity contribution is 7.92. The van der Waals surface area contributed by atoms with Crippen molar-refractivity contribution in [1.29, 1.82) is 0 Å². The number of hydrogen-bond acceptors (Lipinski definition) is 12. The number of aromatic carboxylic acids is 1. The fraction of sp³-hybridized carbons (Fsp3) is 0.0862. The van der Waals surface area contributed by atoms with Crippen LogP contribution in [0.4, 0.5) is 45.5 Å². The van der Waals surface area contributed by atoms with Crippen molar-refractivity contribution in [2.45, 2.75) is 13.8 Å². The number of fused-ring (bicyclic) bond motifs is 2. The van der Waals surface area contributed by atoms with Gasteiger partial charge in [0.1, 0.15) is 0 Å². The number of carboxylic acids is 1. The molecule has 10 rings (SSSR count). The summed E-state index contributed by atoms with van der Waals surface area (Å²) < 4.78 is 77.4. The zero-order valence-electron chi connectivity index (χ0n) is 42.3. The lowest BCUT2D eigenvalue weighted by atomic mass is 10.0. The first kappa shape index (κ1) is 55.0. The Morgan fingerprint density at radius 3 is 1.17 bits per heavy atom. The van der Waals surface area contributed by atoms with Crippen LogP contribution in [0.5, 0.6) is 0 Å². The van der Waals surface area contributed by atoms with Gasteiger partial charge in [-0.2, -0.15) is 0 Å². The molecule has 0 spiro atoms. The van der Waals surface area contributed by atoms with E-state index in [1.165, 1.54) is 10.1 Å². The minimum Gasteiger partial charge on any atom is -0.478 e. The van der Waals surface area contributed by atoms with Crippen molar-refractivity contribution < 1.29 is 35.2 Å². The monoisotopic (exact) mass is 1120 g/mol. The number of aryl methyl sites for hydroxylation is 2. The summed E-state index contributed by atoms with van der Waals surface area (Å²) in [5.74, 6) is -1.02. The van der Waals surface area contributed by atoms with Crippen molar-refractivity contribution in [1.82, 2.24) is 0 Å². The van der Waals surface area contributed by atoms with Crippen LogP contribution in [0.25, 0.3) is 53.6 Å². The van der Waals surface area contributed by atoms with E-state index in [0.29, 0.717) is 22.7 Å². The third-order valence-corrected chi connectivity index (χ3v) is 15.4. The zero-order valence-corrected chi connectivity index (χ0v) is 46.4. The number of carbonyl (C=O) groups is 1. The molecule has 0 fully saturated rings. The molecule has 0 unspecified atom stereocenters. The maximum absolute atomic E-state index is 11.7. The molecule has 2 aromatic heterocycles. The molecular formula is C58H54N6O8S5. The maximum atomic E-state index is 11.7. The number of nitrogen functional groups attached to an aromatic ring is 1. The Morgan fingerprint density at radius 2 is 0.766 bits per heavy atom. The molecule has 10 aromatic rings. The van der Waals surface area contributed by atoms with E-state index < -0.39 is 36.0 Å². The number of nitrogens with two attached hydrogens (primary N) is 1. The van der Waals surface area contributed by atoms with Gasteiger partial charge in [-0.05, 0) is 189 Å². The van der Waals surface area contributed by atoms with Gasteiger partial charge in [-0.3, -0.25) is 14.2 Å². The Kier molecular flexibility index (Phi) is 16.7. The summed E-state index contributed by atoms with van der Waals surface area (Å²) in [6.07, 6.45) is 3.37. The molecule has 0 saturated carbocycles. The Bertz CT molecular complexity index is 4110. The number of nitrogens with one attached hydrogen (secondary N) is 5. The molecule has 0 atom stereocenters. The van der Waals surface area contributed by atoms with Crippen molar-refractivity contribution in [2.75, 3.05) is 49.3 Å². The number of anilines is 8. The number of sulfonamides is 3. The normalized spacial score (nSPS) is 11.4. The molecule has 0 saturated heterocycles. The van der Waals surface area contributed by atoms with Gasteiger partial charge in [-0.15, -0.1) is 22.7 Å². The number of thiophene rings is 2. The largest absolute Gasteiger partial charge is 0.478 e. The summed E-state index contributed by atoms with van der Waals surface area (Å²) in [7, 11) is -9.86. The third-order valence-electron chi connectivity index (χ3n) is 11.8. The lowest BCUT2D eigenvalue weighted by molar-refractivity contribution is 0.0698.